The van der Waals surface area contributed by atoms with Crippen LogP contribution in [-0.2, 0) is 11.3 Å². The molecule has 8 heteroatoms. The molecule has 8 nitrogen and oxygen atoms in total. The zero-order valence-corrected chi connectivity index (χ0v) is 14.7. The molecule has 0 aliphatic carbocycles. The molecule has 0 saturated carbocycles. The summed E-state index contributed by atoms with van der Waals surface area (Å²) in [5, 5.41) is 15.1. The Morgan fingerprint density at radius 3 is 2.84 bits per heavy atom. The number of carbonyl (C=O) groups is 1. The Labute approximate surface area is 147 Å². The van der Waals surface area contributed by atoms with Crippen LogP contribution in [0, 0.1) is 6.92 Å². The minimum Gasteiger partial charge on any atom is -0.386 e. The van der Waals surface area contributed by atoms with Gasteiger partial charge >= 0.3 is 0 Å². The number of amides is 1. The first-order valence-electron chi connectivity index (χ1n) is 8.44. The summed E-state index contributed by atoms with van der Waals surface area (Å²) < 4.78 is 1.76. The van der Waals surface area contributed by atoms with Gasteiger partial charge in [-0.1, -0.05) is 0 Å². The molecular formula is C17H24N6O2. The van der Waals surface area contributed by atoms with Crippen LogP contribution in [0.4, 0.5) is 5.95 Å². The van der Waals surface area contributed by atoms with Gasteiger partial charge in [-0.3, -0.25) is 9.48 Å². The van der Waals surface area contributed by atoms with Gasteiger partial charge in [-0.2, -0.15) is 5.10 Å². The Bertz CT molecular complexity index is 719. The van der Waals surface area contributed by atoms with E-state index in [1.54, 1.807) is 35.1 Å². The van der Waals surface area contributed by atoms with Gasteiger partial charge in [0.2, 0.25) is 11.9 Å². The minimum atomic E-state index is -0.939. The number of β-amino-alcohol motifs (C(OH)–C–C–N with tert-alkyl or cyclic N) is 1. The van der Waals surface area contributed by atoms with E-state index >= 15 is 0 Å². The van der Waals surface area contributed by atoms with Crippen LogP contribution in [0.5, 0.6) is 0 Å². The van der Waals surface area contributed by atoms with Crippen molar-refractivity contribution in [3.05, 3.63) is 36.4 Å². The largest absolute Gasteiger partial charge is 0.386 e. The first-order chi connectivity index (χ1) is 12.0. The molecule has 0 radical (unpaired) electrons. The van der Waals surface area contributed by atoms with Crippen molar-refractivity contribution in [2.75, 3.05) is 31.6 Å². The molecule has 2 aromatic heterocycles. The summed E-state index contributed by atoms with van der Waals surface area (Å²) in [5.41, 5.74) is -0.00406. The fourth-order valence-electron chi connectivity index (χ4n) is 3.13. The normalized spacial score (nSPS) is 20.0. The average Bonchev–Trinajstić information content (AvgIpc) is 3.19. The predicted molar refractivity (Wildman–Crippen MR) is 93.0 cm³/mol. The fourth-order valence-corrected chi connectivity index (χ4v) is 3.13. The maximum atomic E-state index is 12.3. The fraction of sp³-hybridized carbons (Fsp3) is 0.529. The first kappa shape index (κ1) is 17.3. The van der Waals surface area contributed by atoms with Crippen LogP contribution >= 0.6 is 0 Å². The Balaban J connectivity index is 1.51. The summed E-state index contributed by atoms with van der Waals surface area (Å²) in [6.45, 7) is 3.86. The molecule has 1 amide bonds. The zero-order chi connectivity index (χ0) is 17.9. The number of aliphatic hydroxyl groups is 1. The van der Waals surface area contributed by atoms with Gasteiger partial charge < -0.3 is 14.9 Å². The Hall–Kier alpha value is -2.48. The molecule has 3 rings (SSSR count). The lowest BCUT2D eigenvalue weighted by Gasteiger charge is -2.29. The van der Waals surface area contributed by atoms with Crippen molar-refractivity contribution in [1.29, 1.82) is 0 Å². The summed E-state index contributed by atoms with van der Waals surface area (Å²) >= 11 is 0. The van der Waals surface area contributed by atoms with Crippen LogP contribution in [0.2, 0.25) is 0 Å². The molecule has 25 heavy (non-hydrogen) atoms. The summed E-state index contributed by atoms with van der Waals surface area (Å²) in [5.74, 6) is 0.609. The Kier molecular flexibility index (Phi) is 4.98. The maximum absolute atomic E-state index is 12.3. The molecular weight excluding hydrogens is 320 g/mol. The minimum absolute atomic E-state index is 0.00371. The third-order valence-corrected chi connectivity index (χ3v) is 4.45. The molecule has 1 aliphatic rings. The van der Waals surface area contributed by atoms with E-state index in [0.29, 0.717) is 45.0 Å². The lowest BCUT2D eigenvalue weighted by Crippen LogP contribution is -2.46. The predicted octanol–water partition coefficient (Wildman–Crippen LogP) is 0.471. The molecule has 2 aromatic rings. The zero-order valence-electron chi connectivity index (χ0n) is 14.7. The number of aryl methyl sites for hydroxylation is 2. The number of hydrogen-bond donors (Lipinski definition) is 1. The standard InChI is InChI=1S/C17H24N6O2/c1-14-4-9-23(20-14)10-5-15(24)21(2)12-17(25)6-11-22(13-17)16-18-7-3-8-19-16/h3-4,7-9,25H,5-6,10-13H2,1-2H3/t17-/m0/s1. The van der Waals surface area contributed by atoms with Crippen molar-refractivity contribution in [1.82, 2.24) is 24.6 Å². The second-order valence-electron chi connectivity index (χ2n) is 6.66. The monoisotopic (exact) mass is 344 g/mol. The molecule has 1 aliphatic heterocycles. The number of likely N-dealkylation sites (N-methyl/N-ethyl adjacent to an activating group) is 1. The molecule has 0 spiro atoms. The number of nitrogens with zero attached hydrogens (tertiary/aromatic N) is 6. The highest BCUT2D eigenvalue weighted by molar-refractivity contribution is 5.75. The van der Waals surface area contributed by atoms with Crippen molar-refractivity contribution in [3.63, 3.8) is 0 Å². The molecule has 0 bridgehead atoms. The van der Waals surface area contributed by atoms with Gasteiger partial charge in [-0.15, -0.1) is 0 Å². The van der Waals surface area contributed by atoms with E-state index in [-0.39, 0.29) is 5.91 Å². The number of hydrogen-bond acceptors (Lipinski definition) is 6. The van der Waals surface area contributed by atoms with E-state index in [9.17, 15) is 9.90 Å². The highest BCUT2D eigenvalue weighted by atomic mass is 16.3. The lowest BCUT2D eigenvalue weighted by atomic mass is 10.0. The summed E-state index contributed by atoms with van der Waals surface area (Å²) in [6.07, 6.45) is 6.18. The van der Waals surface area contributed by atoms with Crippen LogP contribution in [-0.4, -0.2) is 67.9 Å². The van der Waals surface area contributed by atoms with Gasteiger partial charge in [0.15, 0.2) is 0 Å². The van der Waals surface area contributed by atoms with Crippen molar-refractivity contribution in [2.45, 2.75) is 31.9 Å². The van der Waals surface area contributed by atoms with E-state index in [2.05, 4.69) is 15.1 Å². The first-order valence-corrected chi connectivity index (χ1v) is 8.44. The van der Waals surface area contributed by atoms with Crippen LogP contribution in [0.1, 0.15) is 18.5 Å². The summed E-state index contributed by atoms with van der Waals surface area (Å²) in [7, 11) is 1.73. The van der Waals surface area contributed by atoms with Gasteiger partial charge in [0, 0.05) is 45.1 Å². The third-order valence-electron chi connectivity index (χ3n) is 4.45. The SMILES string of the molecule is Cc1ccn(CCC(=O)N(C)C[C@@]2(O)CCN(c3ncccn3)C2)n1. The molecule has 3 heterocycles. The third kappa shape index (κ3) is 4.33. The topological polar surface area (TPSA) is 87.4 Å². The number of carbonyl (C=O) groups excluding carboxylic acids is 1. The second kappa shape index (κ2) is 7.18. The van der Waals surface area contributed by atoms with E-state index in [1.807, 2.05) is 24.1 Å². The lowest BCUT2D eigenvalue weighted by molar-refractivity contribution is -0.133. The highest BCUT2D eigenvalue weighted by Gasteiger charge is 2.38. The number of aromatic nitrogens is 4. The van der Waals surface area contributed by atoms with Crippen molar-refractivity contribution in [2.24, 2.45) is 0 Å². The Morgan fingerprint density at radius 1 is 1.40 bits per heavy atom. The molecule has 1 N–H and O–H groups in total. The summed E-state index contributed by atoms with van der Waals surface area (Å²) in [4.78, 5) is 24.3. The molecule has 134 valence electrons. The Morgan fingerprint density at radius 2 is 2.16 bits per heavy atom. The maximum Gasteiger partial charge on any atom is 0.225 e. The highest BCUT2D eigenvalue weighted by Crippen LogP contribution is 2.25. The quantitative estimate of drug-likeness (QED) is 0.820. The van der Waals surface area contributed by atoms with E-state index in [4.69, 9.17) is 0 Å². The smallest absolute Gasteiger partial charge is 0.225 e. The summed E-state index contributed by atoms with van der Waals surface area (Å²) in [6, 6.07) is 3.68. The van der Waals surface area contributed by atoms with Gasteiger partial charge in [-0.25, -0.2) is 9.97 Å². The van der Waals surface area contributed by atoms with Crippen LogP contribution in [0.25, 0.3) is 0 Å². The second-order valence-corrected chi connectivity index (χ2v) is 6.66. The molecule has 0 unspecified atom stereocenters. The number of anilines is 1. The van der Waals surface area contributed by atoms with Crippen molar-refractivity contribution in [3.8, 4) is 0 Å². The van der Waals surface area contributed by atoms with Crippen LogP contribution in [0.3, 0.4) is 0 Å². The molecule has 0 aromatic carbocycles. The molecule has 1 atom stereocenters. The van der Waals surface area contributed by atoms with E-state index < -0.39 is 5.60 Å². The van der Waals surface area contributed by atoms with Crippen molar-refractivity contribution >= 4 is 11.9 Å². The van der Waals surface area contributed by atoms with E-state index in [0.717, 1.165) is 5.69 Å². The van der Waals surface area contributed by atoms with Crippen molar-refractivity contribution < 1.29 is 9.90 Å². The van der Waals surface area contributed by atoms with Gasteiger partial charge in [-0.05, 0) is 25.5 Å². The van der Waals surface area contributed by atoms with Crippen LogP contribution in [0.15, 0.2) is 30.7 Å². The average molecular weight is 344 g/mol. The molecule has 1 saturated heterocycles. The van der Waals surface area contributed by atoms with Gasteiger partial charge in [0.1, 0.15) is 5.60 Å². The number of rotatable bonds is 6. The van der Waals surface area contributed by atoms with Crippen LogP contribution < -0.4 is 4.90 Å². The van der Waals surface area contributed by atoms with Gasteiger partial charge in [0.25, 0.3) is 0 Å². The van der Waals surface area contributed by atoms with Gasteiger partial charge in [0.05, 0.1) is 18.8 Å². The molecule has 1 fully saturated rings. The van der Waals surface area contributed by atoms with E-state index in [1.165, 1.54) is 0 Å².